The van der Waals surface area contributed by atoms with E-state index in [4.69, 9.17) is 14.9 Å². The number of rotatable bonds is 3. The van der Waals surface area contributed by atoms with Crippen LogP contribution < -0.4 is 4.74 Å². The van der Waals surface area contributed by atoms with Gasteiger partial charge in [-0.2, -0.15) is 0 Å². The Morgan fingerprint density at radius 2 is 1.58 bits per heavy atom. The van der Waals surface area contributed by atoms with Crippen LogP contribution >= 0.6 is 0 Å². The van der Waals surface area contributed by atoms with Crippen LogP contribution in [0.25, 0.3) is 0 Å². The van der Waals surface area contributed by atoms with Crippen LogP contribution in [0.1, 0.15) is 10.4 Å². The summed E-state index contributed by atoms with van der Waals surface area (Å²) in [5.74, 6) is -2.00. The second-order valence-electron chi connectivity index (χ2n) is 3.74. The van der Waals surface area contributed by atoms with Gasteiger partial charge in [0.05, 0.1) is 0 Å². The quantitative estimate of drug-likeness (QED) is 0.632. The first-order valence-electron chi connectivity index (χ1n) is 5.23. The van der Waals surface area contributed by atoms with E-state index in [0.29, 0.717) is 5.75 Å². The van der Waals surface area contributed by atoms with Crippen molar-refractivity contribution >= 4 is 5.97 Å². The molecule has 6 nitrogen and oxygen atoms in total. The summed E-state index contributed by atoms with van der Waals surface area (Å²) in [6.07, 6.45) is 0. The normalized spacial score (nSPS) is 10.1. The molecule has 2 rings (SSSR count). The second kappa shape index (κ2) is 4.77. The van der Waals surface area contributed by atoms with Crippen molar-refractivity contribution in [2.24, 2.45) is 0 Å². The number of carboxylic acid groups (broad SMARTS) is 1. The van der Waals surface area contributed by atoms with Crippen LogP contribution in [0.3, 0.4) is 0 Å². The molecule has 98 valence electrons. The first-order valence-corrected chi connectivity index (χ1v) is 5.23. The van der Waals surface area contributed by atoms with E-state index < -0.39 is 23.0 Å². The zero-order chi connectivity index (χ0) is 14.0. The van der Waals surface area contributed by atoms with Gasteiger partial charge in [0.25, 0.3) is 0 Å². The van der Waals surface area contributed by atoms with E-state index in [1.807, 2.05) is 0 Å². The van der Waals surface area contributed by atoms with E-state index in [1.165, 1.54) is 24.3 Å². The molecule has 0 spiro atoms. The number of ether oxygens (including phenoxy) is 1. The number of aromatic hydroxyl groups is 3. The minimum Gasteiger partial charge on any atom is -0.508 e. The molecular weight excluding hydrogens is 252 g/mol. The molecule has 0 fully saturated rings. The molecule has 0 aliphatic rings. The molecule has 4 N–H and O–H groups in total. The minimum absolute atomic E-state index is 0.0562. The van der Waals surface area contributed by atoms with E-state index >= 15 is 0 Å². The standard InChI is InChI=1S/C13H10O6/c14-7-1-3-8(4-2-7)19-12-6-10(15)9(13(17)18)5-11(12)16/h1-6,14-16H,(H,17,18). The number of hydrogen-bond donors (Lipinski definition) is 4. The lowest BCUT2D eigenvalue weighted by atomic mass is 10.2. The highest BCUT2D eigenvalue weighted by atomic mass is 16.5. The van der Waals surface area contributed by atoms with Gasteiger partial charge in [-0.15, -0.1) is 0 Å². The first-order chi connectivity index (χ1) is 8.97. The van der Waals surface area contributed by atoms with Gasteiger partial charge in [0.1, 0.15) is 22.8 Å². The van der Waals surface area contributed by atoms with E-state index in [2.05, 4.69) is 0 Å². The van der Waals surface area contributed by atoms with Crippen molar-refractivity contribution in [3.63, 3.8) is 0 Å². The summed E-state index contributed by atoms with van der Waals surface area (Å²) in [7, 11) is 0. The fourth-order valence-electron chi connectivity index (χ4n) is 1.45. The van der Waals surface area contributed by atoms with Crippen molar-refractivity contribution in [1.82, 2.24) is 0 Å². The molecule has 0 aromatic heterocycles. The summed E-state index contributed by atoms with van der Waals surface area (Å²) in [5, 5.41) is 37.0. The topological polar surface area (TPSA) is 107 Å². The Morgan fingerprint density at radius 1 is 0.947 bits per heavy atom. The molecule has 0 saturated heterocycles. The minimum atomic E-state index is -1.36. The highest BCUT2D eigenvalue weighted by Gasteiger charge is 2.15. The summed E-state index contributed by atoms with van der Waals surface area (Å²) in [6.45, 7) is 0. The maximum atomic E-state index is 10.7. The molecule has 0 amide bonds. The van der Waals surface area contributed by atoms with Crippen molar-refractivity contribution in [2.45, 2.75) is 0 Å². The number of benzene rings is 2. The van der Waals surface area contributed by atoms with Crippen molar-refractivity contribution < 1.29 is 30.0 Å². The summed E-state index contributed by atoms with van der Waals surface area (Å²) >= 11 is 0. The summed E-state index contributed by atoms with van der Waals surface area (Å²) in [4.78, 5) is 10.7. The largest absolute Gasteiger partial charge is 0.508 e. The van der Waals surface area contributed by atoms with Crippen LogP contribution in [-0.4, -0.2) is 26.4 Å². The number of phenols is 3. The van der Waals surface area contributed by atoms with Gasteiger partial charge in [-0.25, -0.2) is 4.79 Å². The summed E-state index contributed by atoms with van der Waals surface area (Å²) in [6, 6.07) is 7.59. The van der Waals surface area contributed by atoms with E-state index in [-0.39, 0.29) is 11.5 Å². The average molecular weight is 262 g/mol. The lowest BCUT2D eigenvalue weighted by molar-refractivity contribution is 0.0693. The SMILES string of the molecule is O=C(O)c1cc(O)c(Oc2ccc(O)cc2)cc1O. The zero-order valence-electron chi connectivity index (χ0n) is 9.57. The molecule has 0 unspecified atom stereocenters. The van der Waals surface area contributed by atoms with Crippen molar-refractivity contribution in [3.05, 3.63) is 42.0 Å². The van der Waals surface area contributed by atoms with Gasteiger partial charge in [0.2, 0.25) is 0 Å². The van der Waals surface area contributed by atoms with E-state index in [0.717, 1.165) is 12.1 Å². The Labute approximate surface area is 107 Å². The smallest absolute Gasteiger partial charge is 0.339 e. The Morgan fingerprint density at radius 3 is 2.16 bits per heavy atom. The lowest BCUT2D eigenvalue weighted by Gasteiger charge is -2.09. The predicted octanol–water partition coefficient (Wildman–Crippen LogP) is 2.29. The van der Waals surface area contributed by atoms with Crippen LogP contribution in [0.2, 0.25) is 0 Å². The van der Waals surface area contributed by atoms with Gasteiger partial charge in [0, 0.05) is 12.1 Å². The third-order valence-electron chi connectivity index (χ3n) is 2.37. The number of carboxylic acids is 1. The maximum absolute atomic E-state index is 10.7. The Kier molecular flexibility index (Phi) is 3.15. The van der Waals surface area contributed by atoms with E-state index in [9.17, 15) is 15.0 Å². The average Bonchev–Trinajstić information content (AvgIpc) is 2.35. The molecule has 0 atom stereocenters. The molecule has 2 aromatic rings. The van der Waals surface area contributed by atoms with Crippen LogP contribution in [0.4, 0.5) is 0 Å². The Bertz CT molecular complexity index is 618. The van der Waals surface area contributed by atoms with Crippen molar-refractivity contribution in [3.8, 4) is 28.7 Å². The summed E-state index contributed by atoms with van der Waals surface area (Å²) < 4.78 is 5.27. The van der Waals surface area contributed by atoms with Gasteiger partial charge < -0.3 is 25.2 Å². The molecule has 0 heterocycles. The van der Waals surface area contributed by atoms with Gasteiger partial charge in [-0.05, 0) is 24.3 Å². The van der Waals surface area contributed by atoms with Crippen LogP contribution in [0.15, 0.2) is 36.4 Å². The maximum Gasteiger partial charge on any atom is 0.339 e. The molecule has 6 heteroatoms. The molecule has 0 aliphatic carbocycles. The van der Waals surface area contributed by atoms with Gasteiger partial charge in [-0.3, -0.25) is 0 Å². The fraction of sp³-hybridized carbons (Fsp3) is 0. The number of phenolic OH excluding ortho intramolecular Hbond substituents is 2. The summed E-state index contributed by atoms with van der Waals surface area (Å²) in [5.41, 5.74) is -0.421. The highest BCUT2D eigenvalue weighted by molar-refractivity contribution is 5.91. The molecule has 2 aromatic carbocycles. The number of carbonyl (C=O) groups is 1. The molecule has 0 aliphatic heterocycles. The first kappa shape index (κ1) is 12.6. The van der Waals surface area contributed by atoms with Gasteiger partial charge >= 0.3 is 5.97 Å². The Hall–Kier alpha value is -2.89. The third kappa shape index (κ3) is 2.68. The monoisotopic (exact) mass is 262 g/mol. The highest BCUT2D eigenvalue weighted by Crippen LogP contribution is 2.36. The van der Waals surface area contributed by atoms with E-state index in [1.54, 1.807) is 0 Å². The fourth-order valence-corrected chi connectivity index (χ4v) is 1.45. The predicted molar refractivity (Wildman–Crippen MR) is 64.9 cm³/mol. The zero-order valence-corrected chi connectivity index (χ0v) is 9.57. The van der Waals surface area contributed by atoms with Gasteiger partial charge in [-0.1, -0.05) is 0 Å². The molecule has 19 heavy (non-hydrogen) atoms. The van der Waals surface area contributed by atoms with Gasteiger partial charge in [0.15, 0.2) is 11.5 Å². The second-order valence-corrected chi connectivity index (χ2v) is 3.74. The Balaban J connectivity index is 2.33. The lowest BCUT2D eigenvalue weighted by Crippen LogP contribution is -1.97. The van der Waals surface area contributed by atoms with Crippen LogP contribution in [-0.2, 0) is 0 Å². The van der Waals surface area contributed by atoms with Crippen molar-refractivity contribution in [2.75, 3.05) is 0 Å². The third-order valence-corrected chi connectivity index (χ3v) is 2.37. The van der Waals surface area contributed by atoms with Crippen molar-refractivity contribution in [1.29, 1.82) is 0 Å². The number of hydrogen-bond acceptors (Lipinski definition) is 5. The molecule has 0 saturated carbocycles. The number of aromatic carboxylic acids is 1. The van der Waals surface area contributed by atoms with Crippen LogP contribution in [0.5, 0.6) is 28.7 Å². The molecular formula is C13H10O6. The molecule has 0 bridgehead atoms. The molecule has 0 radical (unpaired) electrons. The van der Waals surface area contributed by atoms with Crippen LogP contribution in [0, 0.1) is 0 Å².